The molecule has 2 aliphatic rings. The van der Waals surface area contributed by atoms with Gasteiger partial charge in [0.25, 0.3) is 0 Å². The van der Waals surface area contributed by atoms with E-state index < -0.39 is 0 Å². The standard InChI is InChI=1S/C19H30N4O/c1-4-20-19(22-13-17(23(2)3)14-9-10-14)21-12-16-11-15-7-5-6-8-18(15)24-16/h5-8,14,16-17H,4,9-13H2,1-3H3,(H2,20,21,22). The Hall–Kier alpha value is -1.75. The molecule has 2 atom stereocenters. The maximum absolute atomic E-state index is 5.99. The van der Waals surface area contributed by atoms with Gasteiger partial charge in [0.1, 0.15) is 11.9 Å². The van der Waals surface area contributed by atoms with Crippen LogP contribution in [0.2, 0.25) is 0 Å². The Morgan fingerprint density at radius 3 is 2.75 bits per heavy atom. The Labute approximate surface area is 145 Å². The molecule has 24 heavy (non-hydrogen) atoms. The van der Waals surface area contributed by atoms with Crippen LogP contribution in [0.3, 0.4) is 0 Å². The van der Waals surface area contributed by atoms with Crippen LogP contribution in [0.1, 0.15) is 25.3 Å². The summed E-state index contributed by atoms with van der Waals surface area (Å²) >= 11 is 0. The Kier molecular flexibility index (Phi) is 5.61. The smallest absolute Gasteiger partial charge is 0.191 e. The van der Waals surface area contributed by atoms with Crippen molar-refractivity contribution in [2.24, 2.45) is 10.9 Å². The summed E-state index contributed by atoms with van der Waals surface area (Å²) in [6.07, 6.45) is 3.83. The van der Waals surface area contributed by atoms with Crippen molar-refractivity contribution in [1.82, 2.24) is 15.5 Å². The predicted molar refractivity (Wildman–Crippen MR) is 98.7 cm³/mol. The minimum Gasteiger partial charge on any atom is -0.488 e. The topological polar surface area (TPSA) is 48.9 Å². The fourth-order valence-electron chi connectivity index (χ4n) is 3.32. The number of fused-ring (bicyclic) bond motifs is 1. The van der Waals surface area contributed by atoms with Gasteiger partial charge in [-0.3, -0.25) is 4.99 Å². The molecule has 5 heteroatoms. The van der Waals surface area contributed by atoms with E-state index in [1.807, 2.05) is 12.1 Å². The molecule has 1 aliphatic carbocycles. The molecule has 0 saturated heterocycles. The van der Waals surface area contributed by atoms with Crippen LogP contribution < -0.4 is 15.4 Å². The van der Waals surface area contributed by atoms with Gasteiger partial charge in [0.2, 0.25) is 0 Å². The number of hydrogen-bond acceptors (Lipinski definition) is 3. The monoisotopic (exact) mass is 330 g/mol. The Balaban J connectivity index is 1.51. The van der Waals surface area contributed by atoms with Gasteiger partial charge in [-0.2, -0.15) is 0 Å². The van der Waals surface area contributed by atoms with Gasteiger partial charge in [-0.1, -0.05) is 18.2 Å². The highest BCUT2D eigenvalue weighted by Gasteiger charge is 2.32. The molecule has 1 fully saturated rings. The molecule has 0 amide bonds. The van der Waals surface area contributed by atoms with Gasteiger partial charge in [-0.15, -0.1) is 0 Å². The second-order valence-corrected chi connectivity index (χ2v) is 7.02. The lowest BCUT2D eigenvalue weighted by Gasteiger charge is -2.23. The van der Waals surface area contributed by atoms with E-state index in [1.165, 1.54) is 18.4 Å². The van der Waals surface area contributed by atoms with Crippen LogP contribution in [-0.4, -0.2) is 56.7 Å². The number of hydrogen-bond donors (Lipinski definition) is 2. The quantitative estimate of drug-likeness (QED) is 0.592. The summed E-state index contributed by atoms with van der Waals surface area (Å²) in [7, 11) is 4.31. The first-order chi connectivity index (χ1) is 11.7. The van der Waals surface area contributed by atoms with Crippen molar-refractivity contribution in [3.8, 4) is 5.75 Å². The number of ether oxygens (including phenoxy) is 1. The number of guanidine groups is 1. The number of rotatable bonds is 7. The van der Waals surface area contributed by atoms with Crippen LogP contribution >= 0.6 is 0 Å². The number of likely N-dealkylation sites (N-methyl/N-ethyl adjacent to an activating group) is 1. The third-order valence-corrected chi connectivity index (χ3v) is 4.82. The number of nitrogens with one attached hydrogen (secondary N) is 2. The molecule has 1 heterocycles. The van der Waals surface area contributed by atoms with Crippen LogP contribution in [0.15, 0.2) is 29.3 Å². The van der Waals surface area contributed by atoms with Crippen molar-refractivity contribution < 1.29 is 4.74 Å². The van der Waals surface area contributed by atoms with Gasteiger partial charge in [0.05, 0.1) is 13.1 Å². The fourth-order valence-corrected chi connectivity index (χ4v) is 3.32. The van der Waals surface area contributed by atoms with Crippen molar-refractivity contribution in [3.05, 3.63) is 29.8 Å². The normalized spacial score (nSPS) is 21.3. The Morgan fingerprint density at radius 1 is 1.29 bits per heavy atom. The van der Waals surface area contributed by atoms with Crippen LogP contribution in [0.5, 0.6) is 5.75 Å². The molecule has 0 spiro atoms. The van der Waals surface area contributed by atoms with Crippen molar-refractivity contribution in [1.29, 1.82) is 0 Å². The first-order valence-corrected chi connectivity index (χ1v) is 9.10. The average Bonchev–Trinajstić information content (AvgIpc) is 3.30. The molecule has 1 saturated carbocycles. The first kappa shape index (κ1) is 17.1. The molecular formula is C19H30N4O. The molecule has 0 bridgehead atoms. The lowest BCUT2D eigenvalue weighted by atomic mass is 10.1. The molecule has 2 N–H and O–H groups in total. The zero-order valence-electron chi connectivity index (χ0n) is 15.1. The van der Waals surface area contributed by atoms with Crippen molar-refractivity contribution in [2.75, 3.05) is 33.7 Å². The van der Waals surface area contributed by atoms with E-state index >= 15 is 0 Å². The number of nitrogens with zero attached hydrogens (tertiary/aromatic N) is 2. The second-order valence-electron chi connectivity index (χ2n) is 7.02. The second kappa shape index (κ2) is 7.88. The number of benzene rings is 1. The summed E-state index contributed by atoms with van der Waals surface area (Å²) in [5, 5.41) is 6.79. The number of aliphatic imine (C=N–C) groups is 1. The van der Waals surface area contributed by atoms with Gasteiger partial charge in [0, 0.05) is 19.0 Å². The summed E-state index contributed by atoms with van der Waals surface area (Å²) in [6.45, 7) is 4.59. The molecule has 0 aromatic heterocycles. The zero-order chi connectivity index (χ0) is 16.9. The first-order valence-electron chi connectivity index (χ1n) is 9.10. The van der Waals surface area contributed by atoms with E-state index in [9.17, 15) is 0 Å². The van der Waals surface area contributed by atoms with E-state index in [0.29, 0.717) is 6.04 Å². The zero-order valence-corrected chi connectivity index (χ0v) is 15.1. The minimum atomic E-state index is 0.180. The van der Waals surface area contributed by atoms with Gasteiger partial charge < -0.3 is 20.3 Å². The van der Waals surface area contributed by atoms with E-state index in [2.05, 4.69) is 48.7 Å². The SMILES string of the molecule is CCNC(=NCC(C1CC1)N(C)C)NCC1Cc2ccccc2O1. The molecular weight excluding hydrogens is 300 g/mol. The maximum atomic E-state index is 5.99. The minimum absolute atomic E-state index is 0.180. The average molecular weight is 330 g/mol. The highest BCUT2D eigenvalue weighted by atomic mass is 16.5. The van der Waals surface area contributed by atoms with E-state index in [4.69, 9.17) is 9.73 Å². The van der Waals surface area contributed by atoms with Crippen LogP contribution in [0.25, 0.3) is 0 Å². The van der Waals surface area contributed by atoms with Gasteiger partial charge >= 0.3 is 0 Å². The summed E-state index contributed by atoms with van der Waals surface area (Å²) in [6, 6.07) is 8.84. The van der Waals surface area contributed by atoms with Gasteiger partial charge in [-0.05, 0) is 51.4 Å². The summed E-state index contributed by atoms with van der Waals surface area (Å²) in [5.74, 6) is 2.73. The lowest BCUT2D eigenvalue weighted by Crippen LogP contribution is -2.43. The van der Waals surface area contributed by atoms with Crippen LogP contribution in [-0.2, 0) is 6.42 Å². The van der Waals surface area contributed by atoms with E-state index in [-0.39, 0.29) is 6.10 Å². The Bertz CT molecular complexity index is 541. The van der Waals surface area contributed by atoms with Crippen molar-refractivity contribution >= 4 is 5.96 Å². The van der Waals surface area contributed by atoms with Gasteiger partial charge in [0.15, 0.2) is 5.96 Å². The third kappa shape index (κ3) is 4.41. The third-order valence-electron chi connectivity index (χ3n) is 4.82. The molecule has 1 aromatic rings. The molecule has 2 unspecified atom stereocenters. The summed E-state index contributed by atoms with van der Waals surface area (Å²) in [5.41, 5.74) is 1.30. The van der Waals surface area contributed by atoms with Crippen molar-refractivity contribution in [3.63, 3.8) is 0 Å². The summed E-state index contributed by atoms with van der Waals surface area (Å²) < 4.78 is 5.99. The Morgan fingerprint density at radius 2 is 2.08 bits per heavy atom. The van der Waals surface area contributed by atoms with Crippen LogP contribution in [0, 0.1) is 5.92 Å². The molecule has 5 nitrogen and oxygen atoms in total. The molecule has 0 radical (unpaired) electrons. The van der Waals surface area contributed by atoms with Crippen LogP contribution in [0.4, 0.5) is 0 Å². The highest BCUT2D eigenvalue weighted by Crippen LogP contribution is 2.34. The predicted octanol–water partition coefficient (Wildman–Crippen LogP) is 1.89. The largest absolute Gasteiger partial charge is 0.488 e. The van der Waals surface area contributed by atoms with Gasteiger partial charge in [-0.25, -0.2) is 0 Å². The summed E-state index contributed by atoms with van der Waals surface area (Å²) in [4.78, 5) is 7.11. The molecule has 1 aliphatic heterocycles. The fraction of sp³-hybridized carbons (Fsp3) is 0.632. The lowest BCUT2D eigenvalue weighted by molar-refractivity contribution is 0.234. The number of para-hydroxylation sites is 1. The van der Waals surface area contributed by atoms with E-state index in [1.54, 1.807) is 0 Å². The van der Waals surface area contributed by atoms with Crippen molar-refractivity contribution in [2.45, 2.75) is 38.3 Å². The molecule has 132 valence electrons. The molecule has 3 rings (SSSR count). The molecule has 1 aromatic carbocycles. The highest BCUT2D eigenvalue weighted by molar-refractivity contribution is 5.79. The van der Waals surface area contributed by atoms with E-state index in [0.717, 1.165) is 43.7 Å². The maximum Gasteiger partial charge on any atom is 0.191 e.